The van der Waals surface area contributed by atoms with Crippen LogP contribution in [0.15, 0.2) is 30.3 Å². The van der Waals surface area contributed by atoms with Gasteiger partial charge in [0.1, 0.15) is 5.60 Å². The highest BCUT2D eigenvalue weighted by Gasteiger charge is 2.37. The highest BCUT2D eigenvalue weighted by Crippen LogP contribution is 2.33. The summed E-state index contributed by atoms with van der Waals surface area (Å²) >= 11 is 0. The van der Waals surface area contributed by atoms with Crippen molar-refractivity contribution >= 4 is 12.1 Å². The molecule has 1 amide bonds. The van der Waals surface area contributed by atoms with Crippen LogP contribution in [0.25, 0.3) is 0 Å². The summed E-state index contributed by atoms with van der Waals surface area (Å²) in [7, 11) is 0. The molecular formula is C17H23NO4. The number of nitrogens with zero attached hydrogens (tertiary/aromatic N) is 1. The standard InChI is InChI=1S/C17H23NO4/c1-17(2,3)22-16(21)18-10-9-13(15(19)20)14(11-18)12-7-5-4-6-8-12/h4-8,13-14H,9-11H2,1-3H3,(H,19,20)/t13-,14-/m1/s1. The van der Waals surface area contributed by atoms with Crippen molar-refractivity contribution in [2.75, 3.05) is 13.1 Å². The number of likely N-dealkylation sites (tertiary alicyclic amines) is 1. The molecule has 0 unspecified atom stereocenters. The number of aliphatic carboxylic acids is 1. The van der Waals surface area contributed by atoms with E-state index in [4.69, 9.17) is 4.74 Å². The average molecular weight is 305 g/mol. The van der Waals surface area contributed by atoms with E-state index in [0.717, 1.165) is 5.56 Å². The van der Waals surface area contributed by atoms with E-state index in [1.807, 2.05) is 51.1 Å². The maximum atomic E-state index is 12.2. The third-order valence-corrected chi connectivity index (χ3v) is 3.81. The maximum absolute atomic E-state index is 12.2. The molecule has 1 aliphatic rings. The summed E-state index contributed by atoms with van der Waals surface area (Å²) in [5.74, 6) is -1.49. The summed E-state index contributed by atoms with van der Waals surface area (Å²) in [6.07, 6.45) is 0.0611. The van der Waals surface area contributed by atoms with Crippen LogP contribution in [0.3, 0.4) is 0 Å². The minimum absolute atomic E-state index is 0.208. The first-order valence-corrected chi connectivity index (χ1v) is 7.53. The molecule has 1 N–H and O–H groups in total. The summed E-state index contributed by atoms with van der Waals surface area (Å²) in [6.45, 7) is 6.25. The number of carboxylic acid groups (broad SMARTS) is 1. The first-order valence-electron chi connectivity index (χ1n) is 7.53. The first kappa shape index (κ1) is 16.3. The van der Waals surface area contributed by atoms with Crippen molar-refractivity contribution in [3.8, 4) is 0 Å². The number of carbonyl (C=O) groups excluding carboxylic acids is 1. The molecule has 2 atom stereocenters. The molecule has 0 bridgehead atoms. The van der Waals surface area contributed by atoms with Gasteiger partial charge in [-0.2, -0.15) is 0 Å². The molecule has 1 heterocycles. The minimum atomic E-state index is -0.808. The zero-order chi connectivity index (χ0) is 16.3. The number of rotatable bonds is 2. The fourth-order valence-electron chi connectivity index (χ4n) is 2.78. The van der Waals surface area contributed by atoms with Gasteiger partial charge in [0.2, 0.25) is 0 Å². The Morgan fingerprint density at radius 2 is 1.86 bits per heavy atom. The van der Waals surface area contributed by atoms with Crippen LogP contribution in [0.1, 0.15) is 38.7 Å². The molecule has 1 saturated heterocycles. The molecule has 22 heavy (non-hydrogen) atoms. The molecule has 2 rings (SSSR count). The number of piperidine rings is 1. The number of hydrogen-bond acceptors (Lipinski definition) is 3. The third kappa shape index (κ3) is 4.00. The van der Waals surface area contributed by atoms with E-state index in [1.165, 1.54) is 0 Å². The van der Waals surface area contributed by atoms with Crippen molar-refractivity contribution in [2.24, 2.45) is 5.92 Å². The molecular weight excluding hydrogens is 282 g/mol. The van der Waals surface area contributed by atoms with Gasteiger partial charge >= 0.3 is 12.1 Å². The summed E-state index contributed by atoms with van der Waals surface area (Å²) in [5.41, 5.74) is 0.395. The maximum Gasteiger partial charge on any atom is 0.410 e. The normalized spacial score (nSPS) is 22.2. The molecule has 120 valence electrons. The highest BCUT2D eigenvalue weighted by molar-refractivity contribution is 5.73. The number of carboxylic acids is 1. The van der Waals surface area contributed by atoms with Gasteiger partial charge in [0, 0.05) is 19.0 Å². The van der Waals surface area contributed by atoms with Crippen molar-refractivity contribution < 1.29 is 19.4 Å². The molecule has 1 fully saturated rings. The number of benzene rings is 1. The fourth-order valence-corrected chi connectivity index (χ4v) is 2.78. The highest BCUT2D eigenvalue weighted by atomic mass is 16.6. The van der Waals surface area contributed by atoms with Gasteiger partial charge in [0.15, 0.2) is 0 Å². The summed E-state index contributed by atoms with van der Waals surface area (Å²) in [4.78, 5) is 25.3. The molecule has 0 aliphatic carbocycles. The molecule has 0 radical (unpaired) electrons. The van der Waals surface area contributed by atoms with Crippen LogP contribution in [0.5, 0.6) is 0 Å². The molecule has 5 nitrogen and oxygen atoms in total. The molecule has 1 aliphatic heterocycles. The number of amides is 1. The summed E-state index contributed by atoms with van der Waals surface area (Å²) < 4.78 is 5.40. The lowest BCUT2D eigenvalue weighted by Gasteiger charge is -2.37. The Morgan fingerprint density at radius 1 is 1.23 bits per heavy atom. The largest absolute Gasteiger partial charge is 0.481 e. The lowest BCUT2D eigenvalue weighted by atomic mass is 9.81. The van der Waals surface area contributed by atoms with Crippen molar-refractivity contribution in [1.29, 1.82) is 0 Å². The second-order valence-corrected chi connectivity index (χ2v) is 6.68. The Kier molecular flexibility index (Phi) is 4.74. The van der Waals surface area contributed by atoms with Crippen LogP contribution in [0.4, 0.5) is 4.79 Å². The van der Waals surface area contributed by atoms with Gasteiger partial charge in [-0.1, -0.05) is 30.3 Å². The summed E-state index contributed by atoms with van der Waals surface area (Å²) in [5, 5.41) is 9.45. The van der Waals surface area contributed by atoms with Gasteiger partial charge in [0.05, 0.1) is 5.92 Å². The van der Waals surface area contributed by atoms with Crippen LogP contribution < -0.4 is 0 Å². The van der Waals surface area contributed by atoms with E-state index in [0.29, 0.717) is 19.5 Å². The SMILES string of the molecule is CC(C)(C)OC(=O)N1CC[C@@H](C(=O)O)[C@@H](c2ccccc2)C1. The van der Waals surface area contributed by atoms with E-state index in [9.17, 15) is 14.7 Å². The Morgan fingerprint density at radius 3 is 2.41 bits per heavy atom. The van der Waals surface area contributed by atoms with Crippen molar-refractivity contribution in [2.45, 2.75) is 38.7 Å². The second kappa shape index (κ2) is 6.38. The van der Waals surface area contributed by atoms with Crippen LogP contribution in [0.2, 0.25) is 0 Å². The molecule has 0 saturated carbocycles. The zero-order valence-corrected chi connectivity index (χ0v) is 13.3. The zero-order valence-electron chi connectivity index (χ0n) is 13.3. The van der Waals surface area contributed by atoms with E-state index in [2.05, 4.69) is 0 Å². The van der Waals surface area contributed by atoms with E-state index >= 15 is 0 Å². The molecule has 1 aromatic rings. The number of carbonyl (C=O) groups is 2. The monoisotopic (exact) mass is 305 g/mol. The van der Waals surface area contributed by atoms with Crippen molar-refractivity contribution in [3.63, 3.8) is 0 Å². The van der Waals surface area contributed by atoms with Crippen molar-refractivity contribution in [3.05, 3.63) is 35.9 Å². The summed E-state index contributed by atoms with van der Waals surface area (Å²) in [6, 6.07) is 9.51. The van der Waals surface area contributed by atoms with E-state index in [-0.39, 0.29) is 12.0 Å². The lowest BCUT2D eigenvalue weighted by molar-refractivity contribution is -0.144. The quantitative estimate of drug-likeness (QED) is 0.911. The average Bonchev–Trinajstić information content (AvgIpc) is 2.45. The van der Waals surface area contributed by atoms with E-state index in [1.54, 1.807) is 4.90 Å². The van der Waals surface area contributed by atoms with Gasteiger partial charge in [-0.3, -0.25) is 4.79 Å². The molecule has 0 spiro atoms. The predicted molar refractivity (Wildman–Crippen MR) is 82.7 cm³/mol. The third-order valence-electron chi connectivity index (χ3n) is 3.81. The van der Waals surface area contributed by atoms with Gasteiger partial charge < -0.3 is 14.7 Å². The minimum Gasteiger partial charge on any atom is -0.481 e. The predicted octanol–water partition coefficient (Wildman–Crippen LogP) is 3.11. The number of ether oxygens (including phenoxy) is 1. The smallest absolute Gasteiger partial charge is 0.410 e. The topological polar surface area (TPSA) is 66.8 Å². The van der Waals surface area contributed by atoms with Crippen LogP contribution in [-0.2, 0) is 9.53 Å². The number of hydrogen-bond donors (Lipinski definition) is 1. The van der Waals surface area contributed by atoms with Gasteiger partial charge in [-0.25, -0.2) is 4.79 Å². The molecule has 1 aromatic carbocycles. The fraction of sp³-hybridized carbons (Fsp3) is 0.529. The van der Waals surface area contributed by atoms with E-state index < -0.39 is 17.5 Å². The molecule has 5 heteroatoms. The van der Waals surface area contributed by atoms with Gasteiger partial charge in [0.25, 0.3) is 0 Å². The van der Waals surface area contributed by atoms with Crippen LogP contribution in [-0.4, -0.2) is 40.8 Å². The molecule has 0 aromatic heterocycles. The van der Waals surface area contributed by atoms with Crippen LogP contribution >= 0.6 is 0 Å². The van der Waals surface area contributed by atoms with Gasteiger partial charge in [-0.15, -0.1) is 0 Å². The lowest BCUT2D eigenvalue weighted by Crippen LogP contribution is -2.46. The Balaban J connectivity index is 2.17. The Bertz CT molecular complexity index is 535. The second-order valence-electron chi connectivity index (χ2n) is 6.68. The Hall–Kier alpha value is -2.04. The van der Waals surface area contributed by atoms with Crippen LogP contribution in [0, 0.1) is 5.92 Å². The Labute approximate surface area is 130 Å². The van der Waals surface area contributed by atoms with Gasteiger partial charge in [-0.05, 0) is 32.8 Å². The van der Waals surface area contributed by atoms with Crippen molar-refractivity contribution in [1.82, 2.24) is 4.90 Å². The first-order chi connectivity index (χ1) is 10.3.